The molecule has 6 nitrogen and oxygen atoms in total. The largest absolute Gasteiger partial charge is 0.462 e. The summed E-state index contributed by atoms with van der Waals surface area (Å²) in [6.07, 6.45) is 75.5. The monoisotopic (exact) mass is 1060 g/mol. The lowest BCUT2D eigenvalue weighted by Gasteiger charge is -2.18. The molecule has 446 valence electrons. The van der Waals surface area contributed by atoms with Crippen LogP contribution in [0.1, 0.15) is 406 Å². The van der Waals surface area contributed by atoms with Crippen LogP contribution in [0.2, 0.25) is 0 Å². The maximum absolute atomic E-state index is 12.9. The molecule has 6 heteroatoms. The summed E-state index contributed by atoms with van der Waals surface area (Å²) in [5.41, 5.74) is 0. The summed E-state index contributed by atoms with van der Waals surface area (Å²) in [6.45, 7) is 6.74. The van der Waals surface area contributed by atoms with Gasteiger partial charge in [-0.05, 0) is 19.3 Å². The Balaban J connectivity index is 4.22. The molecule has 75 heavy (non-hydrogen) atoms. The lowest BCUT2D eigenvalue weighted by atomic mass is 10.0. The Labute approximate surface area is 469 Å². The summed E-state index contributed by atoms with van der Waals surface area (Å²) in [4.78, 5) is 38.4. The van der Waals surface area contributed by atoms with E-state index in [2.05, 4.69) is 20.8 Å². The number of rotatable bonds is 65. The maximum atomic E-state index is 12.9. The molecule has 0 saturated heterocycles. The van der Waals surface area contributed by atoms with Gasteiger partial charge in [0.15, 0.2) is 6.10 Å². The minimum Gasteiger partial charge on any atom is -0.462 e. The Kier molecular flexibility index (Phi) is 63.6. The number of unbranched alkanes of at least 4 members (excludes halogenated alkanes) is 54. The quantitative estimate of drug-likeness (QED) is 0.0343. The first-order valence-corrected chi connectivity index (χ1v) is 34.5. The van der Waals surface area contributed by atoms with Crippen LogP contribution < -0.4 is 0 Å². The maximum Gasteiger partial charge on any atom is 0.306 e. The normalized spacial score (nSPS) is 11.9. The summed E-state index contributed by atoms with van der Waals surface area (Å²) in [5, 5.41) is 0. The molecule has 1 atom stereocenters. The molecular weight excluding hydrogens is 925 g/mol. The highest BCUT2D eigenvalue weighted by Crippen LogP contribution is 2.19. The summed E-state index contributed by atoms with van der Waals surface area (Å²) >= 11 is 0. The number of carbonyl (C=O) groups is 3. The Bertz CT molecular complexity index is 1120. The highest BCUT2D eigenvalue weighted by Gasteiger charge is 2.19. The average molecular weight is 1060 g/mol. The summed E-state index contributed by atoms with van der Waals surface area (Å²) in [6, 6.07) is 0. The molecule has 0 spiro atoms. The molecule has 0 bridgehead atoms. The van der Waals surface area contributed by atoms with Crippen LogP contribution in [0.4, 0.5) is 0 Å². The Morgan fingerprint density at radius 3 is 0.533 bits per heavy atom. The third-order valence-electron chi connectivity index (χ3n) is 16.1. The molecule has 0 amide bonds. The van der Waals surface area contributed by atoms with Gasteiger partial charge in [-0.1, -0.05) is 367 Å². The van der Waals surface area contributed by atoms with Gasteiger partial charge in [-0.2, -0.15) is 0 Å². The molecule has 0 aliphatic carbocycles. The molecule has 0 aromatic carbocycles. The summed E-state index contributed by atoms with van der Waals surface area (Å²) in [5.74, 6) is -0.820. The smallest absolute Gasteiger partial charge is 0.306 e. The highest BCUT2D eigenvalue weighted by molar-refractivity contribution is 5.71. The summed E-state index contributed by atoms with van der Waals surface area (Å²) < 4.78 is 17.0. The molecule has 0 aliphatic rings. The first-order valence-electron chi connectivity index (χ1n) is 34.5. The standard InChI is InChI=1S/C69H134O6/c1-4-7-10-13-16-19-22-25-28-31-32-33-34-35-36-37-39-41-44-47-50-53-56-59-62-68(71)74-65-66(64-73-67(70)61-58-55-52-49-46-43-40-30-27-24-21-18-15-12-9-6-3)75-69(72)63-60-57-54-51-48-45-42-38-29-26-23-20-17-14-11-8-5-2/h66H,4-65H2,1-3H3. The van der Waals surface area contributed by atoms with Gasteiger partial charge in [0.05, 0.1) is 0 Å². The minimum atomic E-state index is -0.763. The predicted octanol–water partition coefficient (Wildman–Crippen LogP) is 23.5. The SMILES string of the molecule is CCCCCCCCCCCCCCCCCCCCCCCCCCC(=O)OCC(COC(=O)CCCCCCCCCCCCCCCCCC)OC(=O)CCCCCCCCCCCCCCCCCCC. The molecule has 0 aliphatic heterocycles. The van der Waals surface area contributed by atoms with Crippen LogP contribution in [0.3, 0.4) is 0 Å². The van der Waals surface area contributed by atoms with E-state index in [0.717, 1.165) is 57.8 Å². The van der Waals surface area contributed by atoms with E-state index >= 15 is 0 Å². The van der Waals surface area contributed by atoms with Gasteiger partial charge in [-0.15, -0.1) is 0 Å². The third-order valence-corrected chi connectivity index (χ3v) is 16.1. The second-order valence-electron chi connectivity index (χ2n) is 23.8. The van der Waals surface area contributed by atoms with E-state index in [9.17, 15) is 14.4 Å². The third kappa shape index (κ3) is 63.1. The van der Waals surface area contributed by atoms with Gasteiger partial charge in [-0.3, -0.25) is 14.4 Å². The van der Waals surface area contributed by atoms with Crippen molar-refractivity contribution in [2.75, 3.05) is 13.2 Å². The lowest BCUT2D eigenvalue weighted by molar-refractivity contribution is -0.167. The fourth-order valence-electron chi connectivity index (χ4n) is 10.9. The van der Waals surface area contributed by atoms with Crippen LogP contribution in [0, 0.1) is 0 Å². The van der Waals surface area contributed by atoms with Crippen molar-refractivity contribution in [3.8, 4) is 0 Å². The average Bonchev–Trinajstić information content (AvgIpc) is 3.41. The number of hydrogen-bond donors (Lipinski definition) is 0. The van der Waals surface area contributed by atoms with E-state index in [-0.39, 0.29) is 31.1 Å². The lowest BCUT2D eigenvalue weighted by Crippen LogP contribution is -2.30. The molecule has 0 aromatic rings. The van der Waals surface area contributed by atoms with Gasteiger partial charge in [0.2, 0.25) is 0 Å². The second kappa shape index (κ2) is 64.9. The van der Waals surface area contributed by atoms with E-state index in [0.29, 0.717) is 19.3 Å². The van der Waals surface area contributed by atoms with E-state index in [4.69, 9.17) is 14.2 Å². The molecular formula is C69H134O6. The van der Waals surface area contributed by atoms with Crippen LogP contribution in [0.15, 0.2) is 0 Å². The van der Waals surface area contributed by atoms with Gasteiger partial charge in [0.25, 0.3) is 0 Å². The van der Waals surface area contributed by atoms with Crippen molar-refractivity contribution < 1.29 is 28.6 Å². The van der Waals surface area contributed by atoms with Gasteiger partial charge in [0.1, 0.15) is 13.2 Å². The first-order chi connectivity index (χ1) is 37.0. The molecule has 0 aromatic heterocycles. The zero-order valence-electron chi connectivity index (χ0n) is 51.4. The predicted molar refractivity (Wildman–Crippen MR) is 326 cm³/mol. The Hall–Kier alpha value is -1.59. The van der Waals surface area contributed by atoms with Crippen molar-refractivity contribution in [3.05, 3.63) is 0 Å². The van der Waals surface area contributed by atoms with Crippen LogP contribution in [-0.2, 0) is 28.6 Å². The van der Waals surface area contributed by atoms with Crippen molar-refractivity contribution in [2.24, 2.45) is 0 Å². The topological polar surface area (TPSA) is 78.9 Å². The number of carbonyl (C=O) groups excluding carboxylic acids is 3. The zero-order valence-corrected chi connectivity index (χ0v) is 51.4. The molecule has 0 rings (SSSR count). The molecule has 0 radical (unpaired) electrons. The fourth-order valence-corrected chi connectivity index (χ4v) is 10.9. The summed E-state index contributed by atoms with van der Waals surface area (Å²) in [7, 11) is 0. The Morgan fingerprint density at radius 1 is 0.213 bits per heavy atom. The highest BCUT2D eigenvalue weighted by atomic mass is 16.6. The molecule has 0 N–H and O–H groups in total. The first kappa shape index (κ1) is 73.4. The van der Waals surface area contributed by atoms with Crippen molar-refractivity contribution in [2.45, 2.75) is 412 Å². The van der Waals surface area contributed by atoms with E-state index in [1.54, 1.807) is 0 Å². The molecule has 0 heterocycles. The van der Waals surface area contributed by atoms with Crippen molar-refractivity contribution in [3.63, 3.8) is 0 Å². The Morgan fingerprint density at radius 2 is 0.360 bits per heavy atom. The van der Waals surface area contributed by atoms with Crippen LogP contribution >= 0.6 is 0 Å². The van der Waals surface area contributed by atoms with Crippen molar-refractivity contribution in [1.29, 1.82) is 0 Å². The number of esters is 3. The van der Waals surface area contributed by atoms with Crippen molar-refractivity contribution >= 4 is 17.9 Å². The van der Waals surface area contributed by atoms with Crippen LogP contribution in [0.5, 0.6) is 0 Å². The van der Waals surface area contributed by atoms with Gasteiger partial charge < -0.3 is 14.2 Å². The van der Waals surface area contributed by atoms with Crippen LogP contribution in [-0.4, -0.2) is 37.2 Å². The molecule has 1 unspecified atom stereocenters. The van der Waals surface area contributed by atoms with Gasteiger partial charge >= 0.3 is 17.9 Å². The van der Waals surface area contributed by atoms with E-state index < -0.39 is 6.10 Å². The molecule has 0 saturated carbocycles. The van der Waals surface area contributed by atoms with Gasteiger partial charge in [-0.25, -0.2) is 0 Å². The van der Waals surface area contributed by atoms with E-state index in [1.165, 1.54) is 308 Å². The minimum absolute atomic E-state index is 0.0602. The number of hydrogen-bond acceptors (Lipinski definition) is 6. The second-order valence-corrected chi connectivity index (χ2v) is 23.8. The zero-order chi connectivity index (χ0) is 54.3. The number of ether oxygens (including phenoxy) is 3. The van der Waals surface area contributed by atoms with Gasteiger partial charge in [0, 0.05) is 19.3 Å². The van der Waals surface area contributed by atoms with E-state index in [1.807, 2.05) is 0 Å². The van der Waals surface area contributed by atoms with Crippen LogP contribution in [0.25, 0.3) is 0 Å². The fraction of sp³-hybridized carbons (Fsp3) is 0.957. The van der Waals surface area contributed by atoms with Crippen molar-refractivity contribution in [1.82, 2.24) is 0 Å². The molecule has 0 fully saturated rings.